The van der Waals surface area contributed by atoms with E-state index in [1.807, 2.05) is 18.2 Å². The molecule has 104 valence electrons. The van der Waals surface area contributed by atoms with Gasteiger partial charge < -0.3 is 15.6 Å². The van der Waals surface area contributed by atoms with Gasteiger partial charge in [-0.05, 0) is 12.1 Å². The summed E-state index contributed by atoms with van der Waals surface area (Å²) < 4.78 is 5.15. The Bertz CT molecular complexity index is 634. The lowest BCUT2D eigenvalue weighted by Crippen LogP contribution is -2.01. The van der Waals surface area contributed by atoms with Gasteiger partial charge in [0, 0.05) is 11.6 Å². The Morgan fingerprint density at radius 1 is 1.40 bits per heavy atom. The summed E-state index contributed by atoms with van der Waals surface area (Å²) in [6.07, 6.45) is 0. The first kappa shape index (κ1) is 14.1. The number of ether oxygens (including phenoxy) is 1. The monoisotopic (exact) mass is 291 g/mol. The average Bonchev–Trinajstić information content (AvgIpc) is 2.44. The second-order valence-electron chi connectivity index (χ2n) is 3.87. The number of aromatic nitrogens is 2. The maximum atomic E-state index is 10.6. The maximum Gasteiger partial charge on any atom is 0.313 e. The maximum absolute atomic E-state index is 10.6. The minimum Gasteiger partial charge on any atom is -0.497 e. The van der Waals surface area contributed by atoms with E-state index in [4.69, 9.17) is 15.6 Å². The Kier molecular flexibility index (Phi) is 4.41. The van der Waals surface area contributed by atoms with Crippen molar-refractivity contribution in [1.82, 2.24) is 9.97 Å². The largest absolute Gasteiger partial charge is 0.497 e. The van der Waals surface area contributed by atoms with Gasteiger partial charge in [-0.2, -0.15) is 0 Å². The van der Waals surface area contributed by atoms with Gasteiger partial charge in [-0.3, -0.25) is 4.79 Å². The number of carbonyl (C=O) groups is 1. The third-order valence-corrected chi connectivity index (χ3v) is 3.29. The van der Waals surface area contributed by atoms with Crippen LogP contribution >= 0.6 is 11.8 Å². The van der Waals surface area contributed by atoms with Gasteiger partial charge in [-0.25, -0.2) is 9.97 Å². The van der Waals surface area contributed by atoms with Crippen molar-refractivity contribution < 1.29 is 14.6 Å². The predicted octanol–water partition coefficient (Wildman–Crippen LogP) is 1.91. The van der Waals surface area contributed by atoms with Gasteiger partial charge in [0.05, 0.1) is 12.9 Å². The molecule has 1 aromatic heterocycles. The van der Waals surface area contributed by atoms with E-state index in [-0.39, 0.29) is 5.75 Å². The smallest absolute Gasteiger partial charge is 0.313 e. The van der Waals surface area contributed by atoms with Crippen molar-refractivity contribution in [2.24, 2.45) is 0 Å². The molecule has 0 unspecified atom stereocenters. The number of hydrogen-bond acceptors (Lipinski definition) is 6. The highest BCUT2D eigenvalue weighted by Gasteiger charge is 2.08. The number of nitrogen functional groups attached to an aromatic ring is 1. The number of nitrogens with zero attached hydrogens (tertiary/aromatic N) is 2. The van der Waals surface area contributed by atoms with E-state index in [0.717, 1.165) is 17.3 Å². The number of rotatable bonds is 5. The molecule has 0 fully saturated rings. The van der Waals surface area contributed by atoms with Crippen molar-refractivity contribution in [3.63, 3.8) is 0 Å². The number of anilines is 1. The quantitative estimate of drug-likeness (QED) is 0.641. The Labute approximate surface area is 120 Å². The highest BCUT2D eigenvalue weighted by molar-refractivity contribution is 7.99. The predicted molar refractivity (Wildman–Crippen MR) is 76.8 cm³/mol. The fraction of sp³-hybridized carbons (Fsp3) is 0.154. The van der Waals surface area contributed by atoms with Crippen LogP contribution in [0.1, 0.15) is 0 Å². The van der Waals surface area contributed by atoms with Crippen molar-refractivity contribution in [2.75, 3.05) is 18.6 Å². The van der Waals surface area contributed by atoms with E-state index in [2.05, 4.69) is 9.97 Å². The third kappa shape index (κ3) is 3.61. The summed E-state index contributed by atoms with van der Waals surface area (Å²) >= 11 is 1.10. The number of methoxy groups -OCH3 is 1. The Morgan fingerprint density at radius 2 is 2.20 bits per heavy atom. The molecule has 0 spiro atoms. The first-order valence-electron chi connectivity index (χ1n) is 5.72. The van der Waals surface area contributed by atoms with Gasteiger partial charge in [0.2, 0.25) is 0 Å². The van der Waals surface area contributed by atoms with Crippen LogP contribution in [0.25, 0.3) is 11.4 Å². The number of nitrogens with two attached hydrogens (primary N) is 1. The van der Waals surface area contributed by atoms with Crippen molar-refractivity contribution in [1.29, 1.82) is 0 Å². The van der Waals surface area contributed by atoms with Crippen molar-refractivity contribution in [2.45, 2.75) is 5.03 Å². The summed E-state index contributed by atoms with van der Waals surface area (Å²) in [6, 6.07) is 8.82. The third-order valence-electron chi connectivity index (χ3n) is 2.39. The molecule has 0 aliphatic heterocycles. The molecule has 0 saturated heterocycles. The lowest BCUT2D eigenvalue weighted by molar-refractivity contribution is -0.133. The molecule has 0 amide bonds. The number of benzene rings is 1. The molecular weight excluding hydrogens is 278 g/mol. The number of carboxylic acid groups (broad SMARTS) is 1. The van der Waals surface area contributed by atoms with E-state index in [9.17, 15) is 4.79 Å². The van der Waals surface area contributed by atoms with E-state index < -0.39 is 5.97 Å². The van der Waals surface area contributed by atoms with Gasteiger partial charge >= 0.3 is 5.97 Å². The van der Waals surface area contributed by atoms with Crippen molar-refractivity contribution >= 4 is 23.5 Å². The topological polar surface area (TPSA) is 98.3 Å². The summed E-state index contributed by atoms with van der Waals surface area (Å²) in [6.45, 7) is 0. The Morgan fingerprint density at radius 3 is 2.90 bits per heavy atom. The van der Waals surface area contributed by atoms with Gasteiger partial charge in [0.1, 0.15) is 16.6 Å². The summed E-state index contributed by atoms with van der Waals surface area (Å²) in [5.41, 5.74) is 6.49. The van der Waals surface area contributed by atoms with E-state index in [1.165, 1.54) is 0 Å². The van der Waals surface area contributed by atoms with Crippen LogP contribution in [-0.2, 0) is 4.79 Å². The van der Waals surface area contributed by atoms with E-state index in [0.29, 0.717) is 22.4 Å². The molecule has 20 heavy (non-hydrogen) atoms. The van der Waals surface area contributed by atoms with E-state index in [1.54, 1.807) is 19.2 Å². The summed E-state index contributed by atoms with van der Waals surface area (Å²) in [5.74, 6) is 0.444. The zero-order valence-corrected chi connectivity index (χ0v) is 11.6. The average molecular weight is 291 g/mol. The molecule has 0 bridgehead atoms. The van der Waals surface area contributed by atoms with Crippen LogP contribution in [0.2, 0.25) is 0 Å². The van der Waals surface area contributed by atoms with Crippen LogP contribution in [0.3, 0.4) is 0 Å². The van der Waals surface area contributed by atoms with Crippen molar-refractivity contribution in [3.05, 3.63) is 30.3 Å². The summed E-state index contributed by atoms with van der Waals surface area (Å²) in [5, 5.41) is 9.21. The lowest BCUT2D eigenvalue weighted by Gasteiger charge is -2.06. The summed E-state index contributed by atoms with van der Waals surface area (Å²) in [4.78, 5) is 19.0. The first-order chi connectivity index (χ1) is 9.58. The molecule has 0 radical (unpaired) electrons. The second kappa shape index (κ2) is 6.25. The van der Waals surface area contributed by atoms with Gasteiger partial charge in [0.25, 0.3) is 0 Å². The highest BCUT2D eigenvalue weighted by Crippen LogP contribution is 2.25. The molecule has 0 saturated carbocycles. The normalized spacial score (nSPS) is 10.2. The number of carboxylic acids is 1. The zero-order valence-electron chi connectivity index (χ0n) is 10.7. The van der Waals surface area contributed by atoms with Crippen LogP contribution < -0.4 is 10.5 Å². The van der Waals surface area contributed by atoms with Crippen molar-refractivity contribution in [3.8, 4) is 17.1 Å². The first-order valence-corrected chi connectivity index (χ1v) is 6.70. The molecule has 0 atom stereocenters. The molecule has 2 rings (SSSR count). The van der Waals surface area contributed by atoms with Gasteiger partial charge in [-0.15, -0.1) is 0 Å². The van der Waals surface area contributed by atoms with Gasteiger partial charge in [-0.1, -0.05) is 23.9 Å². The molecular formula is C13H13N3O3S. The molecule has 0 aliphatic carbocycles. The number of hydrogen-bond donors (Lipinski definition) is 2. The molecule has 2 aromatic rings. The standard InChI is InChI=1S/C13H13N3O3S/c1-19-9-4-2-3-8(5-9)13-15-10(14)6-11(16-13)20-7-12(17)18/h2-6H,7H2,1H3,(H,17,18)(H2,14,15,16). The van der Waals surface area contributed by atoms with Crippen LogP contribution in [0.15, 0.2) is 35.4 Å². The van der Waals surface area contributed by atoms with Crippen LogP contribution in [-0.4, -0.2) is 33.9 Å². The molecule has 0 aliphatic rings. The van der Waals surface area contributed by atoms with Gasteiger partial charge in [0.15, 0.2) is 5.82 Å². The summed E-state index contributed by atoms with van der Waals surface area (Å²) in [7, 11) is 1.58. The minimum absolute atomic E-state index is 0.0754. The molecule has 1 aromatic carbocycles. The fourth-order valence-electron chi connectivity index (χ4n) is 1.54. The number of aliphatic carboxylic acids is 1. The second-order valence-corrected chi connectivity index (χ2v) is 4.86. The number of thioether (sulfide) groups is 1. The molecule has 6 nitrogen and oxygen atoms in total. The Balaban J connectivity index is 2.33. The SMILES string of the molecule is COc1cccc(-c2nc(N)cc(SCC(=O)O)n2)c1. The fourth-order valence-corrected chi connectivity index (χ4v) is 2.17. The molecule has 3 N–H and O–H groups in total. The van der Waals surface area contributed by atoms with E-state index >= 15 is 0 Å². The zero-order chi connectivity index (χ0) is 14.5. The lowest BCUT2D eigenvalue weighted by atomic mass is 10.2. The molecule has 7 heteroatoms. The van der Waals surface area contributed by atoms with Crippen LogP contribution in [0, 0.1) is 0 Å². The van der Waals surface area contributed by atoms with Crippen LogP contribution in [0.5, 0.6) is 5.75 Å². The Hall–Kier alpha value is -2.28. The van der Waals surface area contributed by atoms with Crippen LogP contribution in [0.4, 0.5) is 5.82 Å². The highest BCUT2D eigenvalue weighted by atomic mass is 32.2. The minimum atomic E-state index is -0.907. The molecule has 1 heterocycles.